The van der Waals surface area contributed by atoms with Crippen LogP contribution in [0.15, 0.2) is 60.8 Å². The van der Waals surface area contributed by atoms with Crippen molar-refractivity contribution in [2.75, 3.05) is 13.2 Å². The van der Waals surface area contributed by atoms with E-state index < -0.39 is 6.10 Å². The molecule has 0 aliphatic carbocycles. The maximum absolute atomic E-state index is 12.7. The molecule has 0 unspecified atom stereocenters. The summed E-state index contributed by atoms with van der Waals surface area (Å²) in [6.45, 7) is 6.53. The summed E-state index contributed by atoms with van der Waals surface area (Å²) in [4.78, 5) is 37.8. The number of rotatable bonds is 44. The van der Waals surface area contributed by atoms with E-state index in [2.05, 4.69) is 81.5 Å². The van der Waals surface area contributed by atoms with Gasteiger partial charge in [-0.3, -0.25) is 14.4 Å². The first-order valence-electron chi connectivity index (χ1n) is 24.8. The Balaban J connectivity index is 4.40. The van der Waals surface area contributed by atoms with Gasteiger partial charge in [-0.1, -0.05) is 191 Å². The third-order valence-electron chi connectivity index (χ3n) is 10.5. The van der Waals surface area contributed by atoms with Crippen molar-refractivity contribution in [3.05, 3.63) is 60.8 Å². The van der Waals surface area contributed by atoms with Crippen LogP contribution >= 0.6 is 0 Å². The van der Waals surface area contributed by atoms with Gasteiger partial charge in [0.15, 0.2) is 6.10 Å². The largest absolute Gasteiger partial charge is 0.462 e. The Morgan fingerprint density at radius 3 is 0.983 bits per heavy atom. The minimum atomic E-state index is -0.787. The molecule has 0 saturated heterocycles. The monoisotopic (exact) mass is 825 g/mol. The molecule has 0 aliphatic rings. The average molecular weight is 825 g/mol. The fourth-order valence-corrected chi connectivity index (χ4v) is 6.71. The van der Waals surface area contributed by atoms with Crippen LogP contribution in [0.2, 0.25) is 0 Å². The summed E-state index contributed by atoms with van der Waals surface area (Å²) >= 11 is 0. The third-order valence-corrected chi connectivity index (χ3v) is 10.5. The molecule has 59 heavy (non-hydrogen) atoms. The minimum absolute atomic E-state index is 0.0864. The van der Waals surface area contributed by atoms with E-state index in [9.17, 15) is 14.4 Å². The van der Waals surface area contributed by atoms with Gasteiger partial charge in [0.25, 0.3) is 0 Å². The quantitative estimate of drug-likeness (QED) is 0.0263. The zero-order chi connectivity index (χ0) is 43.0. The molecule has 0 fully saturated rings. The van der Waals surface area contributed by atoms with Crippen LogP contribution in [0.3, 0.4) is 0 Å². The van der Waals surface area contributed by atoms with E-state index in [0.717, 1.165) is 109 Å². The summed E-state index contributed by atoms with van der Waals surface area (Å²) in [5, 5.41) is 0. The summed E-state index contributed by atoms with van der Waals surface area (Å²) in [5.41, 5.74) is 0. The van der Waals surface area contributed by atoms with Crippen LogP contribution in [-0.2, 0) is 28.6 Å². The molecule has 0 aromatic rings. The predicted molar refractivity (Wildman–Crippen MR) is 251 cm³/mol. The van der Waals surface area contributed by atoms with Crippen molar-refractivity contribution >= 4 is 17.9 Å². The van der Waals surface area contributed by atoms with Gasteiger partial charge in [0.1, 0.15) is 13.2 Å². The molecule has 0 rings (SSSR count). The first kappa shape index (κ1) is 56.1. The summed E-state index contributed by atoms with van der Waals surface area (Å²) in [7, 11) is 0. The van der Waals surface area contributed by atoms with Crippen molar-refractivity contribution in [2.24, 2.45) is 0 Å². The zero-order valence-corrected chi connectivity index (χ0v) is 38.8. The molecule has 0 aromatic carbocycles. The number of allylic oxidation sites excluding steroid dienone is 10. The van der Waals surface area contributed by atoms with Gasteiger partial charge in [0.2, 0.25) is 0 Å². The van der Waals surface area contributed by atoms with Crippen molar-refractivity contribution in [3.63, 3.8) is 0 Å². The van der Waals surface area contributed by atoms with E-state index in [1.807, 2.05) is 0 Å². The van der Waals surface area contributed by atoms with Crippen molar-refractivity contribution in [3.8, 4) is 0 Å². The van der Waals surface area contributed by atoms with Crippen LogP contribution in [-0.4, -0.2) is 37.2 Å². The van der Waals surface area contributed by atoms with Gasteiger partial charge >= 0.3 is 17.9 Å². The lowest BCUT2D eigenvalue weighted by Crippen LogP contribution is -2.30. The van der Waals surface area contributed by atoms with Gasteiger partial charge < -0.3 is 14.2 Å². The Kier molecular flexibility index (Phi) is 45.4. The molecule has 6 heteroatoms. The zero-order valence-electron chi connectivity index (χ0n) is 38.8. The Morgan fingerprint density at radius 2 is 0.610 bits per heavy atom. The molecule has 0 aliphatic heterocycles. The molecule has 6 nitrogen and oxygen atoms in total. The fraction of sp³-hybridized carbons (Fsp3) is 0.755. The van der Waals surface area contributed by atoms with Crippen molar-refractivity contribution in [1.82, 2.24) is 0 Å². The van der Waals surface area contributed by atoms with Crippen LogP contribution in [0.4, 0.5) is 0 Å². The van der Waals surface area contributed by atoms with Crippen LogP contribution in [0, 0.1) is 0 Å². The standard InChI is InChI=1S/C53H92O6/c1-4-7-10-13-16-19-21-23-25-26-28-29-31-34-37-40-43-46-52(55)58-49-50(48-57-51(54)45-42-39-36-33-18-15-12-9-6-3)59-53(56)47-44-41-38-35-32-30-27-24-22-20-17-14-11-8-5-2/h16-17,19-20,23-25,27-29,50H,4-15,18,21-22,26,30-49H2,1-3H3/b19-16-,20-17-,25-23-,27-24-,29-28-/t50-/m1/s1. The molecule has 0 heterocycles. The maximum Gasteiger partial charge on any atom is 0.306 e. The summed E-state index contributed by atoms with van der Waals surface area (Å²) in [6, 6.07) is 0. The lowest BCUT2D eigenvalue weighted by Gasteiger charge is -2.18. The highest BCUT2D eigenvalue weighted by Gasteiger charge is 2.19. The molecular weight excluding hydrogens is 733 g/mol. The van der Waals surface area contributed by atoms with Gasteiger partial charge in [-0.25, -0.2) is 0 Å². The summed E-state index contributed by atoms with van der Waals surface area (Å²) in [5.74, 6) is -0.924. The van der Waals surface area contributed by atoms with Gasteiger partial charge in [0, 0.05) is 19.3 Å². The number of esters is 3. The Bertz CT molecular complexity index is 1090. The third kappa shape index (κ3) is 46.0. The number of hydrogen-bond acceptors (Lipinski definition) is 6. The highest BCUT2D eigenvalue weighted by Crippen LogP contribution is 2.13. The molecule has 0 saturated carbocycles. The Labute approximate surface area is 364 Å². The van der Waals surface area contributed by atoms with Gasteiger partial charge in [-0.2, -0.15) is 0 Å². The predicted octanol–water partition coefficient (Wildman–Crippen LogP) is 16.1. The fourth-order valence-electron chi connectivity index (χ4n) is 6.71. The van der Waals surface area contributed by atoms with E-state index in [-0.39, 0.29) is 31.1 Å². The minimum Gasteiger partial charge on any atom is -0.462 e. The topological polar surface area (TPSA) is 78.9 Å². The van der Waals surface area contributed by atoms with Crippen LogP contribution in [0.25, 0.3) is 0 Å². The maximum atomic E-state index is 12.7. The number of carbonyl (C=O) groups excluding carboxylic acids is 3. The van der Waals surface area contributed by atoms with Gasteiger partial charge in [0.05, 0.1) is 0 Å². The van der Waals surface area contributed by atoms with Gasteiger partial charge in [-0.15, -0.1) is 0 Å². The molecule has 0 aromatic heterocycles. The summed E-state index contributed by atoms with van der Waals surface area (Å²) in [6.07, 6.45) is 57.7. The summed E-state index contributed by atoms with van der Waals surface area (Å²) < 4.78 is 16.7. The van der Waals surface area contributed by atoms with Crippen molar-refractivity contribution in [2.45, 2.75) is 245 Å². The molecule has 1 atom stereocenters. The van der Waals surface area contributed by atoms with E-state index in [1.54, 1.807) is 0 Å². The van der Waals surface area contributed by atoms with Crippen molar-refractivity contribution in [1.29, 1.82) is 0 Å². The Hall–Kier alpha value is -2.89. The molecule has 0 radical (unpaired) electrons. The van der Waals surface area contributed by atoms with Crippen LogP contribution < -0.4 is 0 Å². The number of unbranched alkanes of at least 4 members (excludes halogenated alkanes) is 23. The normalized spacial score (nSPS) is 12.5. The smallest absolute Gasteiger partial charge is 0.306 e. The van der Waals surface area contributed by atoms with Crippen LogP contribution in [0.5, 0.6) is 0 Å². The first-order valence-corrected chi connectivity index (χ1v) is 24.8. The molecule has 0 bridgehead atoms. The lowest BCUT2D eigenvalue weighted by atomic mass is 10.1. The lowest BCUT2D eigenvalue weighted by molar-refractivity contribution is -0.167. The SMILES string of the molecule is CCCCC/C=C\C/C=C\C/C=C\CCCCCCC(=O)OC[C@@H](COC(=O)CCCCCCCCCCC)OC(=O)CCCCCCC/C=C\C/C=C\CCCCC. The van der Waals surface area contributed by atoms with E-state index >= 15 is 0 Å². The molecular formula is C53H92O6. The molecule has 0 amide bonds. The second-order valence-corrected chi connectivity index (χ2v) is 16.4. The molecule has 0 N–H and O–H groups in total. The van der Waals surface area contributed by atoms with E-state index in [1.165, 1.54) is 89.9 Å². The first-order chi connectivity index (χ1) is 29.0. The number of carbonyl (C=O) groups is 3. The molecule has 340 valence electrons. The number of hydrogen-bond donors (Lipinski definition) is 0. The van der Waals surface area contributed by atoms with Crippen molar-refractivity contribution < 1.29 is 28.6 Å². The second-order valence-electron chi connectivity index (χ2n) is 16.4. The van der Waals surface area contributed by atoms with E-state index in [4.69, 9.17) is 14.2 Å². The van der Waals surface area contributed by atoms with E-state index in [0.29, 0.717) is 19.3 Å². The second kappa shape index (κ2) is 47.8. The molecule has 0 spiro atoms. The van der Waals surface area contributed by atoms with Gasteiger partial charge in [-0.05, 0) is 89.9 Å². The highest BCUT2D eigenvalue weighted by atomic mass is 16.6. The highest BCUT2D eigenvalue weighted by molar-refractivity contribution is 5.71. The Morgan fingerprint density at radius 1 is 0.339 bits per heavy atom. The number of ether oxygens (including phenoxy) is 3. The van der Waals surface area contributed by atoms with Crippen LogP contribution in [0.1, 0.15) is 239 Å². The average Bonchev–Trinajstić information content (AvgIpc) is 3.23.